The van der Waals surface area contributed by atoms with E-state index in [0.717, 1.165) is 64.0 Å². The van der Waals surface area contributed by atoms with Crippen LogP contribution in [0.25, 0.3) is 0 Å². The van der Waals surface area contributed by atoms with Crippen molar-refractivity contribution in [1.29, 1.82) is 0 Å². The molecule has 4 rings (SSSR count). The normalized spacial score (nSPS) is 20.0. The van der Waals surface area contributed by atoms with Crippen molar-refractivity contribution in [3.05, 3.63) is 64.7 Å². The summed E-state index contributed by atoms with van der Waals surface area (Å²) in [7, 11) is 2.09. The number of amides is 1. The van der Waals surface area contributed by atoms with Crippen LogP contribution in [0.2, 0.25) is 0 Å². The molecule has 1 fully saturated rings. The molecule has 0 saturated carbocycles. The van der Waals surface area contributed by atoms with Gasteiger partial charge in [-0.2, -0.15) is 0 Å². The first-order valence-electron chi connectivity index (χ1n) is 12.2. The van der Waals surface area contributed by atoms with E-state index in [9.17, 15) is 4.79 Å². The Bertz CT molecular complexity index is 909. The lowest BCUT2D eigenvalue weighted by molar-refractivity contribution is 0.0679. The Morgan fingerprint density at radius 3 is 2.79 bits per heavy atom. The van der Waals surface area contributed by atoms with Gasteiger partial charge < -0.3 is 24.8 Å². The predicted octanol–water partition coefficient (Wildman–Crippen LogP) is 3.35. The first kappa shape index (κ1) is 23.7. The Labute approximate surface area is 196 Å². The number of benzene rings is 2. The number of carbonyl (C=O) groups is 1. The number of nitrogens with zero attached hydrogens (tertiary/aromatic N) is 1. The van der Waals surface area contributed by atoms with Gasteiger partial charge in [0.15, 0.2) is 0 Å². The standard InChI is InChI=1S/C27H36N2O4/c1-29(13-3-14-30)18-20-5-6-23-17-24(10-7-22(23)16-20)28-27(31)21-8-11-25(12-9-21)33-19-26-4-2-15-32-26/h5-6,8-9,11-12,16,24,26,30H,2-4,7,10,13-15,17-19H2,1H3,(H,28,31)/t24-,26-/m0/s1. The Kier molecular flexibility index (Phi) is 8.37. The van der Waals surface area contributed by atoms with Crippen molar-refractivity contribution in [3.8, 4) is 5.75 Å². The van der Waals surface area contributed by atoms with E-state index in [2.05, 4.69) is 35.5 Å². The maximum absolute atomic E-state index is 12.8. The van der Waals surface area contributed by atoms with Crippen molar-refractivity contribution >= 4 is 5.91 Å². The molecule has 0 aromatic heterocycles. The van der Waals surface area contributed by atoms with E-state index in [1.165, 1.54) is 16.7 Å². The monoisotopic (exact) mass is 452 g/mol. The highest BCUT2D eigenvalue weighted by Gasteiger charge is 2.21. The first-order chi connectivity index (χ1) is 16.1. The van der Waals surface area contributed by atoms with Crippen LogP contribution in [0.3, 0.4) is 0 Å². The van der Waals surface area contributed by atoms with Crippen LogP contribution in [-0.2, 0) is 24.1 Å². The number of hydrogen-bond acceptors (Lipinski definition) is 5. The van der Waals surface area contributed by atoms with Gasteiger partial charge in [0.25, 0.3) is 5.91 Å². The lowest BCUT2D eigenvalue weighted by atomic mass is 9.87. The molecule has 0 radical (unpaired) electrons. The number of carbonyl (C=O) groups excluding carboxylic acids is 1. The molecule has 2 N–H and O–H groups in total. The van der Waals surface area contributed by atoms with E-state index in [-0.39, 0.29) is 24.7 Å². The fourth-order valence-corrected chi connectivity index (χ4v) is 4.70. The van der Waals surface area contributed by atoms with Gasteiger partial charge in [0, 0.05) is 37.9 Å². The average molecular weight is 453 g/mol. The smallest absolute Gasteiger partial charge is 0.251 e. The van der Waals surface area contributed by atoms with Crippen molar-refractivity contribution in [3.63, 3.8) is 0 Å². The quantitative estimate of drug-likeness (QED) is 0.579. The minimum Gasteiger partial charge on any atom is -0.491 e. The number of ether oxygens (including phenoxy) is 2. The SMILES string of the molecule is CN(CCCO)Cc1ccc2c(c1)CC[C@H](NC(=O)c1ccc(OC[C@@H]3CCCO3)cc1)C2. The van der Waals surface area contributed by atoms with E-state index in [0.29, 0.717) is 12.2 Å². The number of nitrogens with one attached hydrogen (secondary N) is 1. The maximum Gasteiger partial charge on any atom is 0.251 e. The summed E-state index contributed by atoms with van der Waals surface area (Å²) in [4.78, 5) is 15.0. The number of fused-ring (bicyclic) bond motifs is 1. The highest BCUT2D eigenvalue weighted by atomic mass is 16.5. The summed E-state index contributed by atoms with van der Waals surface area (Å²) in [5.74, 6) is 0.739. The van der Waals surface area contributed by atoms with Crippen LogP contribution >= 0.6 is 0 Å². The topological polar surface area (TPSA) is 71.0 Å². The van der Waals surface area contributed by atoms with E-state index in [4.69, 9.17) is 14.6 Å². The summed E-state index contributed by atoms with van der Waals surface area (Å²) in [5, 5.41) is 12.2. The van der Waals surface area contributed by atoms with Crippen LogP contribution in [0.5, 0.6) is 5.75 Å². The van der Waals surface area contributed by atoms with Gasteiger partial charge in [-0.15, -0.1) is 0 Å². The second-order valence-corrected chi connectivity index (χ2v) is 9.30. The molecule has 1 amide bonds. The Balaban J connectivity index is 1.26. The number of aryl methyl sites for hydroxylation is 1. The zero-order valence-electron chi connectivity index (χ0n) is 19.6. The molecule has 1 aliphatic heterocycles. The first-order valence-corrected chi connectivity index (χ1v) is 12.2. The summed E-state index contributed by atoms with van der Waals surface area (Å²) in [6, 6.07) is 14.2. The summed E-state index contributed by atoms with van der Waals surface area (Å²) in [5.41, 5.74) is 4.68. The second kappa shape index (κ2) is 11.6. The molecule has 6 nitrogen and oxygen atoms in total. The van der Waals surface area contributed by atoms with Gasteiger partial charge in [0.1, 0.15) is 12.4 Å². The molecule has 33 heavy (non-hydrogen) atoms. The van der Waals surface area contributed by atoms with Crippen LogP contribution in [0, 0.1) is 0 Å². The van der Waals surface area contributed by atoms with Crippen molar-refractivity contribution in [2.45, 2.75) is 57.2 Å². The van der Waals surface area contributed by atoms with Gasteiger partial charge in [0.2, 0.25) is 0 Å². The van der Waals surface area contributed by atoms with Crippen LogP contribution in [0.4, 0.5) is 0 Å². The Morgan fingerprint density at radius 1 is 1.18 bits per heavy atom. The molecule has 2 aliphatic rings. The third-order valence-electron chi connectivity index (χ3n) is 6.56. The van der Waals surface area contributed by atoms with Gasteiger partial charge in [0.05, 0.1) is 6.10 Å². The molecule has 6 heteroatoms. The summed E-state index contributed by atoms with van der Waals surface area (Å²) >= 11 is 0. The Morgan fingerprint density at radius 2 is 2.03 bits per heavy atom. The fourth-order valence-electron chi connectivity index (χ4n) is 4.70. The molecule has 178 valence electrons. The number of aliphatic hydroxyl groups excluding tert-OH is 1. The van der Waals surface area contributed by atoms with E-state index in [1.807, 2.05) is 24.3 Å². The minimum atomic E-state index is -0.0312. The van der Waals surface area contributed by atoms with E-state index >= 15 is 0 Å². The summed E-state index contributed by atoms with van der Waals surface area (Å²) in [6.07, 6.45) is 5.93. The number of hydrogen-bond donors (Lipinski definition) is 2. The molecular weight excluding hydrogens is 416 g/mol. The van der Waals surface area contributed by atoms with E-state index < -0.39 is 0 Å². The van der Waals surface area contributed by atoms with Gasteiger partial charge in [-0.1, -0.05) is 18.2 Å². The van der Waals surface area contributed by atoms with Crippen LogP contribution in [0.1, 0.15) is 52.7 Å². The number of aliphatic hydroxyl groups is 1. The van der Waals surface area contributed by atoms with Gasteiger partial charge in [-0.05, 0) is 86.5 Å². The Hall–Kier alpha value is -2.41. The molecular formula is C27H36N2O4. The molecule has 1 aliphatic carbocycles. The molecule has 1 saturated heterocycles. The third-order valence-corrected chi connectivity index (χ3v) is 6.56. The third kappa shape index (κ3) is 6.79. The van der Waals surface area contributed by atoms with Crippen molar-refractivity contribution < 1.29 is 19.4 Å². The number of rotatable bonds is 10. The average Bonchev–Trinajstić information content (AvgIpc) is 3.35. The van der Waals surface area contributed by atoms with Crippen molar-refractivity contribution in [2.24, 2.45) is 0 Å². The molecule has 0 bridgehead atoms. The fraction of sp³-hybridized carbons (Fsp3) is 0.519. The van der Waals surface area contributed by atoms with E-state index in [1.54, 1.807) is 0 Å². The van der Waals surface area contributed by atoms with Gasteiger partial charge >= 0.3 is 0 Å². The van der Waals surface area contributed by atoms with Gasteiger partial charge in [-0.3, -0.25) is 4.79 Å². The van der Waals surface area contributed by atoms with Crippen molar-refractivity contribution in [1.82, 2.24) is 10.2 Å². The molecule has 0 unspecified atom stereocenters. The lowest BCUT2D eigenvalue weighted by Crippen LogP contribution is -2.38. The van der Waals surface area contributed by atoms with Crippen LogP contribution < -0.4 is 10.1 Å². The molecule has 1 heterocycles. The minimum absolute atomic E-state index is 0.0312. The molecule has 2 aromatic rings. The zero-order valence-corrected chi connectivity index (χ0v) is 19.6. The lowest BCUT2D eigenvalue weighted by Gasteiger charge is -2.26. The maximum atomic E-state index is 12.8. The largest absolute Gasteiger partial charge is 0.491 e. The zero-order chi connectivity index (χ0) is 23.0. The van der Waals surface area contributed by atoms with Gasteiger partial charge in [-0.25, -0.2) is 0 Å². The van der Waals surface area contributed by atoms with Crippen LogP contribution in [0.15, 0.2) is 42.5 Å². The molecule has 2 atom stereocenters. The molecule has 2 aromatic carbocycles. The molecule has 0 spiro atoms. The van der Waals surface area contributed by atoms with Crippen molar-refractivity contribution in [2.75, 3.05) is 33.4 Å². The van der Waals surface area contributed by atoms with Crippen LogP contribution in [-0.4, -0.2) is 61.5 Å². The highest BCUT2D eigenvalue weighted by molar-refractivity contribution is 5.94. The second-order valence-electron chi connectivity index (χ2n) is 9.30. The highest BCUT2D eigenvalue weighted by Crippen LogP contribution is 2.24. The summed E-state index contributed by atoms with van der Waals surface area (Å²) < 4.78 is 11.4. The predicted molar refractivity (Wildman–Crippen MR) is 129 cm³/mol. The summed E-state index contributed by atoms with van der Waals surface area (Å²) in [6.45, 7) is 3.40.